The van der Waals surface area contributed by atoms with E-state index in [1.807, 2.05) is 42.5 Å². The average Bonchev–Trinajstić information content (AvgIpc) is 3.00. The molecule has 0 bridgehead atoms. The summed E-state index contributed by atoms with van der Waals surface area (Å²) in [6, 6.07) is 15.3. The molecule has 0 aliphatic rings. The molecule has 0 fully saturated rings. The van der Waals surface area contributed by atoms with Gasteiger partial charge in [0.2, 0.25) is 0 Å². The van der Waals surface area contributed by atoms with Gasteiger partial charge in [0.15, 0.2) is 0 Å². The van der Waals surface area contributed by atoms with Crippen molar-refractivity contribution in [1.29, 1.82) is 0 Å². The Kier molecular flexibility index (Phi) is 4.21. The number of hydrogen-bond acceptors (Lipinski definition) is 3. The number of carbonyl (C=O) groups is 1. The van der Waals surface area contributed by atoms with Crippen molar-refractivity contribution in [3.63, 3.8) is 0 Å². The molecule has 0 radical (unpaired) electrons. The first-order chi connectivity index (χ1) is 11.2. The van der Waals surface area contributed by atoms with Crippen LogP contribution in [-0.2, 0) is 6.42 Å². The second-order valence-electron chi connectivity index (χ2n) is 5.21. The minimum absolute atomic E-state index is 0.267. The van der Waals surface area contributed by atoms with Gasteiger partial charge in [0.05, 0.1) is 11.3 Å². The molecule has 0 atom stereocenters. The lowest BCUT2D eigenvalue weighted by Crippen LogP contribution is -2.07. The quantitative estimate of drug-likeness (QED) is 0.675. The normalized spacial score (nSPS) is 10.7. The molecule has 0 amide bonds. The Balaban J connectivity index is 2.02. The Labute approximate surface area is 133 Å². The summed E-state index contributed by atoms with van der Waals surface area (Å²) in [5.41, 5.74) is 9.97. The summed E-state index contributed by atoms with van der Waals surface area (Å²) in [7, 11) is 0. The zero-order valence-electron chi connectivity index (χ0n) is 12.5. The fourth-order valence-corrected chi connectivity index (χ4v) is 2.55. The van der Waals surface area contributed by atoms with Crippen LogP contribution >= 0.6 is 0 Å². The lowest BCUT2D eigenvalue weighted by molar-refractivity contribution is 0.0696. The zero-order valence-corrected chi connectivity index (χ0v) is 12.5. The van der Waals surface area contributed by atoms with Crippen LogP contribution in [0.15, 0.2) is 54.7 Å². The van der Waals surface area contributed by atoms with Crippen LogP contribution in [0.2, 0.25) is 0 Å². The van der Waals surface area contributed by atoms with E-state index in [1.165, 1.54) is 0 Å². The number of aromatic nitrogens is 2. The van der Waals surface area contributed by atoms with Gasteiger partial charge in [-0.05, 0) is 24.7 Å². The van der Waals surface area contributed by atoms with E-state index >= 15 is 0 Å². The van der Waals surface area contributed by atoms with Gasteiger partial charge in [-0.3, -0.25) is 4.98 Å². The Morgan fingerprint density at radius 2 is 1.91 bits per heavy atom. The molecule has 3 rings (SSSR count). The molecule has 0 saturated heterocycles. The van der Waals surface area contributed by atoms with Crippen molar-refractivity contribution in [2.75, 3.05) is 6.54 Å². The second-order valence-corrected chi connectivity index (χ2v) is 5.21. The van der Waals surface area contributed by atoms with E-state index in [0.29, 0.717) is 18.7 Å². The summed E-state index contributed by atoms with van der Waals surface area (Å²) in [5, 5.41) is 9.31. The van der Waals surface area contributed by atoms with Crippen LogP contribution in [0.4, 0.5) is 0 Å². The van der Waals surface area contributed by atoms with Gasteiger partial charge in [0, 0.05) is 35.1 Å². The summed E-state index contributed by atoms with van der Waals surface area (Å²) in [4.78, 5) is 18.9. The van der Waals surface area contributed by atoms with Crippen molar-refractivity contribution >= 4 is 5.97 Å². The monoisotopic (exact) mass is 307 g/mol. The molecule has 0 unspecified atom stereocenters. The summed E-state index contributed by atoms with van der Waals surface area (Å²) >= 11 is 0. The molecule has 0 saturated carbocycles. The second kappa shape index (κ2) is 6.46. The molecular weight excluding hydrogens is 290 g/mol. The molecule has 5 nitrogen and oxygen atoms in total. The number of aromatic amines is 1. The summed E-state index contributed by atoms with van der Waals surface area (Å²) in [6.07, 6.45) is 2.22. The molecule has 2 aromatic heterocycles. The molecule has 3 aromatic rings. The molecule has 4 N–H and O–H groups in total. The van der Waals surface area contributed by atoms with Crippen molar-refractivity contribution in [2.45, 2.75) is 6.42 Å². The Hall–Kier alpha value is -2.92. The van der Waals surface area contributed by atoms with Crippen LogP contribution in [0.1, 0.15) is 16.1 Å². The number of rotatable bonds is 5. The topological polar surface area (TPSA) is 92.0 Å². The molecule has 0 spiro atoms. The van der Waals surface area contributed by atoms with Crippen molar-refractivity contribution in [2.24, 2.45) is 5.73 Å². The smallest absolute Gasteiger partial charge is 0.337 e. The molecule has 1 aromatic carbocycles. The highest BCUT2D eigenvalue weighted by Gasteiger charge is 2.15. The number of aromatic carboxylic acids is 1. The molecule has 5 heteroatoms. The number of carboxylic acids is 1. The molecule has 0 aliphatic carbocycles. The summed E-state index contributed by atoms with van der Waals surface area (Å²) in [5.74, 6) is -0.951. The van der Waals surface area contributed by atoms with Gasteiger partial charge < -0.3 is 15.8 Å². The van der Waals surface area contributed by atoms with E-state index in [0.717, 1.165) is 22.5 Å². The molecule has 2 heterocycles. The van der Waals surface area contributed by atoms with Gasteiger partial charge in [-0.1, -0.05) is 30.3 Å². The highest BCUT2D eigenvalue weighted by molar-refractivity contribution is 5.91. The van der Waals surface area contributed by atoms with Crippen LogP contribution in [0, 0.1) is 0 Å². The predicted molar refractivity (Wildman–Crippen MR) is 89.2 cm³/mol. The largest absolute Gasteiger partial charge is 0.478 e. The van der Waals surface area contributed by atoms with Crippen LogP contribution in [0.3, 0.4) is 0 Å². The van der Waals surface area contributed by atoms with Crippen LogP contribution in [0.5, 0.6) is 0 Å². The van der Waals surface area contributed by atoms with Crippen molar-refractivity contribution < 1.29 is 9.90 Å². The van der Waals surface area contributed by atoms with Gasteiger partial charge in [-0.2, -0.15) is 0 Å². The standard InChI is InChI=1S/C18H17N3O2/c19-8-6-15-14(18(22)23)11-17(21-15)13-7-9-20-16(10-13)12-4-2-1-3-5-12/h1-5,7,9-11,21H,6,8,19H2,(H,22,23). The average molecular weight is 307 g/mol. The van der Waals surface area contributed by atoms with Crippen LogP contribution in [0.25, 0.3) is 22.5 Å². The van der Waals surface area contributed by atoms with Gasteiger partial charge in [0.1, 0.15) is 0 Å². The lowest BCUT2D eigenvalue weighted by atomic mass is 10.1. The maximum atomic E-state index is 11.4. The number of nitrogens with two attached hydrogens (primary N) is 1. The number of nitrogens with zero attached hydrogens (tertiary/aromatic N) is 1. The molecule has 0 aliphatic heterocycles. The molecular formula is C18H17N3O2. The van der Waals surface area contributed by atoms with Crippen molar-refractivity contribution in [3.05, 3.63) is 66.0 Å². The number of H-pyrrole nitrogens is 1. The van der Waals surface area contributed by atoms with Crippen molar-refractivity contribution in [3.8, 4) is 22.5 Å². The number of nitrogens with one attached hydrogen (secondary N) is 1. The van der Waals surface area contributed by atoms with Gasteiger partial charge in [0.25, 0.3) is 0 Å². The molecule has 23 heavy (non-hydrogen) atoms. The third-order valence-corrected chi connectivity index (χ3v) is 3.66. The summed E-state index contributed by atoms with van der Waals surface area (Å²) < 4.78 is 0. The van der Waals surface area contributed by atoms with E-state index in [9.17, 15) is 9.90 Å². The fraction of sp³-hybridized carbons (Fsp3) is 0.111. The first-order valence-electron chi connectivity index (χ1n) is 7.36. The highest BCUT2D eigenvalue weighted by Crippen LogP contribution is 2.26. The van der Waals surface area contributed by atoms with Gasteiger partial charge in [-0.15, -0.1) is 0 Å². The first-order valence-corrected chi connectivity index (χ1v) is 7.36. The zero-order chi connectivity index (χ0) is 16.2. The Morgan fingerprint density at radius 3 is 2.61 bits per heavy atom. The minimum atomic E-state index is -0.951. The fourth-order valence-electron chi connectivity index (χ4n) is 2.55. The first kappa shape index (κ1) is 15.0. The maximum Gasteiger partial charge on any atom is 0.337 e. The lowest BCUT2D eigenvalue weighted by Gasteiger charge is -2.03. The number of pyridine rings is 1. The Morgan fingerprint density at radius 1 is 1.13 bits per heavy atom. The van der Waals surface area contributed by atoms with E-state index in [4.69, 9.17) is 5.73 Å². The van der Waals surface area contributed by atoms with E-state index in [-0.39, 0.29) is 5.56 Å². The van der Waals surface area contributed by atoms with Crippen molar-refractivity contribution in [1.82, 2.24) is 9.97 Å². The number of benzene rings is 1. The van der Waals surface area contributed by atoms with E-state index in [1.54, 1.807) is 12.3 Å². The molecule has 116 valence electrons. The number of hydrogen-bond donors (Lipinski definition) is 3. The summed E-state index contributed by atoms with van der Waals surface area (Å²) in [6.45, 7) is 0.395. The minimum Gasteiger partial charge on any atom is -0.478 e. The third kappa shape index (κ3) is 3.14. The predicted octanol–water partition coefficient (Wildman–Crippen LogP) is 2.94. The van der Waals surface area contributed by atoms with Crippen LogP contribution in [-0.4, -0.2) is 27.6 Å². The highest BCUT2D eigenvalue weighted by atomic mass is 16.4. The van der Waals surface area contributed by atoms with Crippen LogP contribution < -0.4 is 5.73 Å². The van der Waals surface area contributed by atoms with E-state index < -0.39 is 5.97 Å². The SMILES string of the molecule is NCCc1[nH]c(-c2ccnc(-c3ccccc3)c2)cc1C(=O)O. The Bertz CT molecular complexity index is 825. The van der Waals surface area contributed by atoms with Gasteiger partial charge in [-0.25, -0.2) is 4.79 Å². The maximum absolute atomic E-state index is 11.4. The van der Waals surface area contributed by atoms with E-state index in [2.05, 4.69) is 9.97 Å². The van der Waals surface area contributed by atoms with Gasteiger partial charge >= 0.3 is 5.97 Å². The third-order valence-electron chi connectivity index (χ3n) is 3.66. The number of carboxylic acid groups (broad SMARTS) is 1.